The van der Waals surface area contributed by atoms with E-state index in [-0.39, 0.29) is 24.9 Å². The predicted octanol–water partition coefficient (Wildman–Crippen LogP) is 2.52. The highest BCUT2D eigenvalue weighted by molar-refractivity contribution is 5.96. The lowest BCUT2D eigenvalue weighted by atomic mass is 10.1. The number of rotatable bonds is 8. The number of nitrogens with zero attached hydrogens (tertiary/aromatic N) is 1. The van der Waals surface area contributed by atoms with Crippen LogP contribution >= 0.6 is 0 Å². The first-order valence-corrected chi connectivity index (χ1v) is 10.1. The summed E-state index contributed by atoms with van der Waals surface area (Å²) in [4.78, 5) is 25.0. The first-order valence-electron chi connectivity index (χ1n) is 10.1. The van der Waals surface area contributed by atoms with Gasteiger partial charge in [0.15, 0.2) is 23.0 Å². The summed E-state index contributed by atoms with van der Waals surface area (Å²) in [6, 6.07) is 11.3. The zero-order valence-corrected chi connectivity index (χ0v) is 18.3. The van der Waals surface area contributed by atoms with E-state index in [0.717, 1.165) is 5.56 Å². The van der Waals surface area contributed by atoms with E-state index in [0.29, 0.717) is 34.3 Å². The Hall–Kier alpha value is -4.21. The number of hydrogen-bond donors (Lipinski definition) is 2. The van der Waals surface area contributed by atoms with Gasteiger partial charge in [-0.3, -0.25) is 9.59 Å². The Balaban J connectivity index is 1.36. The van der Waals surface area contributed by atoms with Crippen LogP contribution in [0.1, 0.15) is 23.0 Å². The van der Waals surface area contributed by atoms with Crippen molar-refractivity contribution in [3.63, 3.8) is 0 Å². The van der Waals surface area contributed by atoms with Crippen LogP contribution in [0.3, 0.4) is 0 Å². The number of amides is 2. The molecule has 0 spiro atoms. The van der Waals surface area contributed by atoms with E-state index >= 15 is 0 Å². The van der Waals surface area contributed by atoms with Crippen molar-refractivity contribution in [1.82, 2.24) is 15.8 Å². The summed E-state index contributed by atoms with van der Waals surface area (Å²) in [5.74, 6) is 1.88. The van der Waals surface area contributed by atoms with E-state index < -0.39 is 11.9 Å². The molecular formula is C23H23N3O7. The Morgan fingerprint density at radius 1 is 1.06 bits per heavy atom. The third-order valence-electron chi connectivity index (χ3n) is 5.06. The van der Waals surface area contributed by atoms with Crippen LogP contribution in [-0.4, -0.2) is 44.0 Å². The third-order valence-corrected chi connectivity index (χ3v) is 5.06. The molecule has 1 aliphatic heterocycles. The second kappa shape index (κ2) is 9.51. The van der Waals surface area contributed by atoms with Crippen LogP contribution in [0.25, 0.3) is 11.3 Å². The van der Waals surface area contributed by atoms with Crippen molar-refractivity contribution in [1.29, 1.82) is 0 Å². The summed E-state index contributed by atoms with van der Waals surface area (Å²) in [6.07, 6.45) is 0. The predicted molar refractivity (Wildman–Crippen MR) is 116 cm³/mol. The minimum atomic E-state index is -0.794. The van der Waals surface area contributed by atoms with Crippen molar-refractivity contribution < 1.29 is 33.1 Å². The number of benzene rings is 2. The van der Waals surface area contributed by atoms with Gasteiger partial charge in [-0.2, -0.15) is 0 Å². The molecule has 0 aliphatic carbocycles. The highest BCUT2D eigenvalue weighted by atomic mass is 16.7. The second-order valence-corrected chi connectivity index (χ2v) is 7.24. The SMILES string of the molecule is COc1ccc(OC)c(-c2cc(C(=O)NC(C)C(=O)NCc3ccc4c(c3)OCO4)no2)c1. The Bertz CT molecular complexity index is 1170. The molecule has 10 nitrogen and oxygen atoms in total. The molecule has 1 aromatic heterocycles. The van der Waals surface area contributed by atoms with Crippen LogP contribution < -0.4 is 29.6 Å². The van der Waals surface area contributed by atoms with Gasteiger partial charge in [0.25, 0.3) is 5.91 Å². The van der Waals surface area contributed by atoms with Crippen LogP contribution in [0.5, 0.6) is 23.0 Å². The lowest BCUT2D eigenvalue weighted by Gasteiger charge is -2.13. The minimum absolute atomic E-state index is 0.0327. The average molecular weight is 453 g/mol. The van der Waals surface area contributed by atoms with Crippen LogP contribution in [-0.2, 0) is 11.3 Å². The molecule has 0 radical (unpaired) electrons. The molecule has 2 amide bonds. The van der Waals surface area contributed by atoms with Gasteiger partial charge in [-0.05, 0) is 42.8 Å². The molecule has 2 aromatic carbocycles. The molecule has 4 rings (SSSR count). The fourth-order valence-electron chi connectivity index (χ4n) is 3.25. The summed E-state index contributed by atoms with van der Waals surface area (Å²) in [6.45, 7) is 2.04. The van der Waals surface area contributed by atoms with Crippen molar-refractivity contribution in [3.05, 3.63) is 53.7 Å². The largest absolute Gasteiger partial charge is 0.497 e. The standard InChI is InChI=1S/C23H23N3O7/c1-13(22(27)24-11-14-4-6-19-21(8-14)32-12-31-19)25-23(28)17-10-20(33-26-17)16-9-15(29-2)5-7-18(16)30-3/h4-10,13H,11-12H2,1-3H3,(H,24,27)(H,25,28). The highest BCUT2D eigenvalue weighted by Crippen LogP contribution is 2.34. The van der Waals surface area contributed by atoms with Crippen molar-refractivity contribution in [3.8, 4) is 34.3 Å². The van der Waals surface area contributed by atoms with Crippen LogP contribution in [0.15, 0.2) is 47.0 Å². The molecule has 172 valence electrons. The molecule has 2 N–H and O–H groups in total. The first kappa shape index (κ1) is 22.0. The Morgan fingerprint density at radius 3 is 2.67 bits per heavy atom. The Kier molecular flexibility index (Phi) is 6.34. The molecular weight excluding hydrogens is 430 g/mol. The van der Waals surface area contributed by atoms with Crippen LogP contribution in [0.4, 0.5) is 0 Å². The number of methoxy groups -OCH3 is 2. The molecule has 2 heterocycles. The van der Waals surface area contributed by atoms with Crippen LogP contribution in [0.2, 0.25) is 0 Å². The average Bonchev–Trinajstić information content (AvgIpc) is 3.51. The van der Waals surface area contributed by atoms with E-state index in [4.69, 9.17) is 23.5 Å². The van der Waals surface area contributed by atoms with Gasteiger partial charge in [0.1, 0.15) is 17.5 Å². The van der Waals surface area contributed by atoms with Crippen molar-refractivity contribution in [2.24, 2.45) is 0 Å². The normalized spacial score (nSPS) is 12.7. The van der Waals surface area contributed by atoms with Crippen molar-refractivity contribution in [2.75, 3.05) is 21.0 Å². The van der Waals surface area contributed by atoms with Gasteiger partial charge in [-0.15, -0.1) is 0 Å². The lowest BCUT2D eigenvalue weighted by Crippen LogP contribution is -2.44. The molecule has 10 heteroatoms. The number of aromatic nitrogens is 1. The molecule has 0 fully saturated rings. The molecule has 1 unspecified atom stereocenters. The first-order chi connectivity index (χ1) is 16.0. The summed E-state index contributed by atoms with van der Waals surface area (Å²) in [7, 11) is 3.07. The maximum absolute atomic E-state index is 12.6. The minimum Gasteiger partial charge on any atom is -0.497 e. The number of ether oxygens (including phenoxy) is 4. The van der Waals surface area contributed by atoms with Crippen LogP contribution in [0, 0.1) is 0 Å². The van der Waals surface area contributed by atoms with Gasteiger partial charge in [-0.1, -0.05) is 11.2 Å². The number of nitrogens with one attached hydrogen (secondary N) is 2. The van der Waals surface area contributed by atoms with Gasteiger partial charge in [0, 0.05) is 12.6 Å². The summed E-state index contributed by atoms with van der Waals surface area (Å²) in [5, 5.41) is 9.22. The third kappa shape index (κ3) is 4.84. The molecule has 0 saturated carbocycles. The van der Waals surface area contributed by atoms with Gasteiger partial charge >= 0.3 is 0 Å². The Labute approximate surface area is 189 Å². The molecule has 1 atom stereocenters. The van der Waals surface area contributed by atoms with Crippen molar-refractivity contribution >= 4 is 11.8 Å². The van der Waals surface area contributed by atoms with E-state index in [1.54, 1.807) is 44.4 Å². The van der Waals surface area contributed by atoms with Gasteiger partial charge in [-0.25, -0.2) is 0 Å². The van der Waals surface area contributed by atoms with Gasteiger partial charge < -0.3 is 34.1 Å². The summed E-state index contributed by atoms with van der Waals surface area (Å²) in [5.41, 5.74) is 1.46. The quantitative estimate of drug-likeness (QED) is 0.534. The second-order valence-electron chi connectivity index (χ2n) is 7.24. The number of carbonyl (C=O) groups excluding carboxylic acids is 2. The highest BCUT2D eigenvalue weighted by Gasteiger charge is 2.21. The van der Waals surface area contributed by atoms with E-state index in [9.17, 15) is 9.59 Å². The molecule has 33 heavy (non-hydrogen) atoms. The lowest BCUT2D eigenvalue weighted by molar-refractivity contribution is -0.122. The maximum Gasteiger partial charge on any atom is 0.274 e. The molecule has 1 aliphatic rings. The van der Waals surface area contributed by atoms with E-state index in [2.05, 4.69) is 15.8 Å². The number of hydrogen-bond acceptors (Lipinski definition) is 8. The smallest absolute Gasteiger partial charge is 0.274 e. The number of fused-ring (bicyclic) bond motifs is 1. The summed E-state index contributed by atoms with van der Waals surface area (Å²) >= 11 is 0. The van der Waals surface area contributed by atoms with E-state index in [1.165, 1.54) is 13.2 Å². The van der Waals surface area contributed by atoms with E-state index in [1.807, 2.05) is 6.07 Å². The number of carbonyl (C=O) groups is 2. The van der Waals surface area contributed by atoms with Gasteiger partial charge in [0.2, 0.25) is 12.7 Å². The fourth-order valence-corrected chi connectivity index (χ4v) is 3.25. The Morgan fingerprint density at radius 2 is 1.88 bits per heavy atom. The fraction of sp³-hybridized carbons (Fsp3) is 0.261. The zero-order chi connectivity index (χ0) is 23.4. The maximum atomic E-state index is 12.6. The summed E-state index contributed by atoms with van der Waals surface area (Å²) < 4.78 is 26.5. The molecule has 3 aromatic rings. The van der Waals surface area contributed by atoms with Crippen molar-refractivity contribution in [2.45, 2.75) is 19.5 Å². The zero-order valence-electron chi connectivity index (χ0n) is 18.3. The monoisotopic (exact) mass is 453 g/mol. The molecule has 0 bridgehead atoms. The topological polar surface area (TPSA) is 121 Å². The van der Waals surface area contributed by atoms with Gasteiger partial charge in [0.05, 0.1) is 19.8 Å². The molecule has 0 saturated heterocycles.